The van der Waals surface area contributed by atoms with Gasteiger partial charge in [0, 0.05) is 11.1 Å². The highest BCUT2D eigenvalue weighted by Gasteiger charge is 2.19. The van der Waals surface area contributed by atoms with E-state index in [0.717, 1.165) is 11.3 Å². The Morgan fingerprint density at radius 2 is 1.97 bits per heavy atom. The van der Waals surface area contributed by atoms with Crippen LogP contribution in [0, 0.1) is 19.7 Å². The van der Waals surface area contributed by atoms with Gasteiger partial charge in [-0.3, -0.25) is 14.6 Å². The summed E-state index contributed by atoms with van der Waals surface area (Å²) in [6.45, 7) is 4.09. The first-order chi connectivity index (χ1) is 15.5. The summed E-state index contributed by atoms with van der Waals surface area (Å²) < 4.78 is 26.4. The number of carbonyl (C=O) groups is 1. The van der Waals surface area contributed by atoms with Gasteiger partial charge >= 0.3 is 0 Å². The molecule has 0 bridgehead atoms. The fraction of sp³-hybridized carbons (Fsp3) is 0.174. The first kappa shape index (κ1) is 19.8. The van der Waals surface area contributed by atoms with Crippen molar-refractivity contribution in [2.24, 2.45) is 0 Å². The zero-order valence-corrected chi connectivity index (χ0v) is 17.5. The minimum atomic E-state index is -0.346. The van der Waals surface area contributed by atoms with E-state index in [1.165, 1.54) is 6.07 Å². The molecule has 2 aromatic heterocycles. The van der Waals surface area contributed by atoms with Crippen molar-refractivity contribution in [3.05, 3.63) is 77.0 Å². The molecule has 0 saturated heterocycles. The lowest BCUT2D eigenvalue weighted by molar-refractivity contribution is 0.102. The molecule has 2 aromatic carbocycles. The number of ether oxygens (including phenoxy) is 2. The Morgan fingerprint density at radius 1 is 1.16 bits per heavy atom. The van der Waals surface area contributed by atoms with Gasteiger partial charge in [0.2, 0.25) is 6.79 Å². The fourth-order valence-electron chi connectivity index (χ4n) is 3.64. The highest BCUT2D eigenvalue weighted by molar-refractivity contribution is 6.04. The number of H-pyrrole nitrogens is 1. The Hall–Kier alpha value is -4.14. The number of aromatic amines is 1. The summed E-state index contributed by atoms with van der Waals surface area (Å²) in [5.41, 5.74) is 4.20. The van der Waals surface area contributed by atoms with E-state index >= 15 is 0 Å². The molecule has 1 aliphatic rings. The first-order valence-electron chi connectivity index (χ1n) is 10.0. The molecular formula is C23H20FN5O3. The number of halogens is 1. The summed E-state index contributed by atoms with van der Waals surface area (Å²) in [6.07, 6.45) is 0. The number of anilines is 1. The van der Waals surface area contributed by atoms with Crippen molar-refractivity contribution < 1.29 is 18.7 Å². The number of fused-ring (bicyclic) bond motifs is 1. The molecule has 0 unspecified atom stereocenters. The van der Waals surface area contributed by atoms with Gasteiger partial charge in [0.25, 0.3) is 5.91 Å². The average molecular weight is 433 g/mol. The summed E-state index contributed by atoms with van der Waals surface area (Å²) in [5.74, 6) is 0.686. The zero-order chi connectivity index (χ0) is 22.2. The number of nitrogens with one attached hydrogen (secondary N) is 2. The molecule has 0 fully saturated rings. The van der Waals surface area contributed by atoms with E-state index in [4.69, 9.17) is 9.47 Å². The van der Waals surface area contributed by atoms with Crippen molar-refractivity contribution in [3.63, 3.8) is 0 Å². The van der Waals surface area contributed by atoms with Gasteiger partial charge in [0.1, 0.15) is 11.5 Å². The van der Waals surface area contributed by atoms with Crippen molar-refractivity contribution in [1.82, 2.24) is 20.0 Å². The monoisotopic (exact) mass is 433 g/mol. The second-order valence-electron chi connectivity index (χ2n) is 7.48. The van der Waals surface area contributed by atoms with E-state index in [-0.39, 0.29) is 25.1 Å². The van der Waals surface area contributed by atoms with Crippen LogP contribution in [0.1, 0.15) is 27.4 Å². The molecule has 1 amide bonds. The molecule has 0 saturated carbocycles. The molecule has 5 rings (SSSR count). The maximum atomic E-state index is 14.0. The third kappa shape index (κ3) is 3.58. The van der Waals surface area contributed by atoms with Crippen LogP contribution in [-0.2, 0) is 6.54 Å². The Kier molecular flexibility index (Phi) is 4.85. The first-order valence-corrected chi connectivity index (χ1v) is 10.0. The largest absolute Gasteiger partial charge is 0.454 e. The molecule has 4 aromatic rings. The van der Waals surface area contributed by atoms with E-state index in [2.05, 4.69) is 20.6 Å². The second-order valence-corrected chi connectivity index (χ2v) is 7.48. The maximum Gasteiger partial charge on any atom is 0.273 e. The van der Waals surface area contributed by atoms with Crippen molar-refractivity contribution in [3.8, 4) is 22.8 Å². The highest BCUT2D eigenvalue weighted by Crippen LogP contribution is 2.35. The smallest absolute Gasteiger partial charge is 0.273 e. The molecule has 0 aliphatic carbocycles. The molecule has 0 spiro atoms. The third-order valence-electron chi connectivity index (χ3n) is 5.39. The summed E-state index contributed by atoms with van der Waals surface area (Å²) in [6, 6.07) is 13.7. The Labute approximate surface area is 183 Å². The molecule has 0 radical (unpaired) electrons. The van der Waals surface area contributed by atoms with Crippen molar-refractivity contribution in [2.75, 3.05) is 12.1 Å². The van der Waals surface area contributed by atoms with Gasteiger partial charge in [-0.05, 0) is 44.2 Å². The van der Waals surface area contributed by atoms with E-state index in [0.29, 0.717) is 39.8 Å². The van der Waals surface area contributed by atoms with Gasteiger partial charge in [-0.25, -0.2) is 4.39 Å². The van der Waals surface area contributed by atoms with E-state index < -0.39 is 0 Å². The zero-order valence-electron chi connectivity index (χ0n) is 17.5. The second kappa shape index (κ2) is 7.84. The van der Waals surface area contributed by atoms with Gasteiger partial charge in [-0.1, -0.05) is 18.2 Å². The number of carbonyl (C=O) groups excluding carboxylic acids is 1. The van der Waals surface area contributed by atoms with Crippen molar-refractivity contribution in [1.29, 1.82) is 0 Å². The summed E-state index contributed by atoms with van der Waals surface area (Å²) in [5, 5.41) is 14.4. The Bertz CT molecular complexity index is 1330. The lowest BCUT2D eigenvalue weighted by Crippen LogP contribution is -2.14. The van der Waals surface area contributed by atoms with Gasteiger partial charge in [-0.15, -0.1) is 0 Å². The number of aromatic nitrogens is 4. The number of rotatable bonds is 5. The van der Waals surface area contributed by atoms with Crippen LogP contribution in [0.3, 0.4) is 0 Å². The van der Waals surface area contributed by atoms with Crippen LogP contribution < -0.4 is 14.8 Å². The SMILES string of the molecule is Cc1nn(Cc2ccccc2F)c(C)c1NC(=O)c1cc(-c2ccc3c(c2)OCO3)n[nH]1. The number of aryl methyl sites for hydroxylation is 1. The van der Waals surface area contributed by atoms with Crippen LogP contribution >= 0.6 is 0 Å². The Balaban J connectivity index is 1.35. The normalized spacial score (nSPS) is 12.2. The third-order valence-corrected chi connectivity index (χ3v) is 5.39. The minimum Gasteiger partial charge on any atom is -0.454 e. The molecular weight excluding hydrogens is 413 g/mol. The van der Waals surface area contributed by atoms with E-state index in [1.807, 2.05) is 25.1 Å². The molecule has 3 heterocycles. The fourth-order valence-corrected chi connectivity index (χ4v) is 3.64. The Morgan fingerprint density at radius 3 is 2.81 bits per heavy atom. The van der Waals surface area contributed by atoms with Crippen LogP contribution in [0.4, 0.5) is 10.1 Å². The van der Waals surface area contributed by atoms with Gasteiger partial charge in [-0.2, -0.15) is 10.2 Å². The van der Waals surface area contributed by atoms with Crippen molar-refractivity contribution in [2.45, 2.75) is 20.4 Å². The van der Waals surface area contributed by atoms with Gasteiger partial charge in [0.15, 0.2) is 11.5 Å². The summed E-state index contributed by atoms with van der Waals surface area (Å²) in [4.78, 5) is 12.8. The summed E-state index contributed by atoms with van der Waals surface area (Å²) in [7, 11) is 0. The van der Waals surface area contributed by atoms with Crippen LogP contribution in [0.25, 0.3) is 11.3 Å². The van der Waals surface area contributed by atoms with Crippen molar-refractivity contribution >= 4 is 11.6 Å². The number of hydrogen-bond donors (Lipinski definition) is 2. The molecule has 2 N–H and O–H groups in total. The maximum absolute atomic E-state index is 14.0. The number of hydrogen-bond acceptors (Lipinski definition) is 5. The van der Waals surface area contributed by atoms with Crippen LogP contribution in [0.5, 0.6) is 11.5 Å². The standard InChI is InChI=1S/C23H20FN5O3/c1-13-22(14(2)29(28-13)11-16-5-3-4-6-17(16)24)25-23(30)19-10-18(26-27-19)15-7-8-20-21(9-15)32-12-31-20/h3-10H,11-12H2,1-2H3,(H,25,30)(H,26,27). The van der Waals surface area contributed by atoms with Gasteiger partial charge in [0.05, 0.1) is 29.3 Å². The molecule has 9 heteroatoms. The summed E-state index contributed by atoms with van der Waals surface area (Å²) >= 11 is 0. The predicted octanol–water partition coefficient (Wildman–Crippen LogP) is 4.06. The lowest BCUT2D eigenvalue weighted by Gasteiger charge is -2.07. The van der Waals surface area contributed by atoms with E-state index in [9.17, 15) is 9.18 Å². The molecule has 0 atom stereocenters. The lowest BCUT2D eigenvalue weighted by atomic mass is 10.1. The molecule has 32 heavy (non-hydrogen) atoms. The van der Waals surface area contributed by atoms with Crippen LogP contribution in [0.2, 0.25) is 0 Å². The quantitative estimate of drug-likeness (QED) is 0.495. The molecule has 1 aliphatic heterocycles. The van der Waals surface area contributed by atoms with Crippen LogP contribution in [-0.4, -0.2) is 32.7 Å². The minimum absolute atomic E-state index is 0.191. The predicted molar refractivity (Wildman–Crippen MR) is 115 cm³/mol. The highest BCUT2D eigenvalue weighted by atomic mass is 19.1. The topological polar surface area (TPSA) is 94.1 Å². The number of nitrogens with zero attached hydrogens (tertiary/aromatic N) is 3. The number of amides is 1. The molecule has 8 nitrogen and oxygen atoms in total. The average Bonchev–Trinajstić information content (AvgIpc) is 3.51. The van der Waals surface area contributed by atoms with E-state index in [1.54, 1.807) is 35.9 Å². The molecule has 162 valence electrons. The number of benzene rings is 2. The van der Waals surface area contributed by atoms with Gasteiger partial charge < -0.3 is 14.8 Å². The van der Waals surface area contributed by atoms with Crippen LogP contribution in [0.15, 0.2) is 48.5 Å².